The molecule has 1 heterocycles. The molecular formula is C16H15ClF3N3O3S. The van der Waals surface area contributed by atoms with Crippen LogP contribution in [0.4, 0.5) is 13.2 Å². The SMILES string of the molecule is CC/C(=N\OCc1ccccn1)c1cc(Cl)ccc1C(F)(F)F.N=S(=O)=O. The van der Waals surface area contributed by atoms with Gasteiger partial charge in [0.25, 0.3) is 0 Å². The van der Waals surface area contributed by atoms with Crippen molar-refractivity contribution >= 4 is 27.8 Å². The lowest BCUT2D eigenvalue weighted by molar-refractivity contribution is -0.137. The van der Waals surface area contributed by atoms with E-state index in [0.717, 1.165) is 6.07 Å². The number of pyridine rings is 1. The van der Waals surface area contributed by atoms with Gasteiger partial charge in [-0.05, 0) is 36.8 Å². The standard InChI is InChI=1S/C16H14ClF3N2O.HNO2S/c1-2-15(22-23-10-12-5-3-4-8-21-12)13-9-11(17)6-7-14(13)16(18,19)20;1-4(2)3/h3-9H,2,10H2,1H3;1H/b22-15+;. The van der Waals surface area contributed by atoms with Crippen LogP contribution in [0.1, 0.15) is 30.2 Å². The maximum Gasteiger partial charge on any atom is 0.417 e. The molecule has 0 aliphatic rings. The minimum atomic E-state index is -4.49. The molecule has 0 saturated carbocycles. The molecule has 2 rings (SSSR count). The third-order valence-corrected chi connectivity index (χ3v) is 3.28. The summed E-state index contributed by atoms with van der Waals surface area (Å²) in [5.41, 5.74) is -0.0537. The second-order valence-electron chi connectivity index (χ2n) is 4.91. The van der Waals surface area contributed by atoms with Crippen molar-refractivity contribution < 1.29 is 26.4 Å². The summed E-state index contributed by atoms with van der Waals surface area (Å²) in [7, 11) is -2.61. The van der Waals surface area contributed by atoms with Gasteiger partial charge in [0.15, 0.2) is 6.61 Å². The molecule has 6 nitrogen and oxygen atoms in total. The molecule has 0 atom stereocenters. The molecule has 11 heteroatoms. The van der Waals surface area contributed by atoms with Gasteiger partial charge in [0.2, 0.25) is 0 Å². The highest BCUT2D eigenvalue weighted by molar-refractivity contribution is 7.60. The van der Waals surface area contributed by atoms with Crippen LogP contribution in [0.2, 0.25) is 5.02 Å². The number of halogens is 4. The molecule has 1 aromatic heterocycles. The molecule has 0 amide bonds. The number of alkyl halides is 3. The summed E-state index contributed by atoms with van der Waals surface area (Å²) >= 11 is 5.82. The minimum absolute atomic E-state index is 0.0754. The average molecular weight is 422 g/mol. The van der Waals surface area contributed by atoms with Crippen LogP contribution < -0.4 is 0 Å². The van der Waals surface area contributed by atoms with Crippen LogP contribution in [-0.4, -0.2) is 19.1 Å². The molecule has 0 aliphatic heterocycles. The van der Waals surface area contributed by atoms with Gasteiger partial charge in [0, 0.05) is 16.8 Å². The van der Waals surface area contributed by atoms with Crippen molar-refractivity contribution in [2.75, 3.05) is 0 Å². The van der Waals surface area contributed by atoms with E-state index in [9.17, 15) is 13.2 Å². The first-order valence-corrected chi connectivity index (χ1v) is 8.86. The van der Waals surface area contributed by atoms with Crippen LogP contribution in [0.15, 0.2) is 47.8 Å². The Morgan fingerprint density at radius 1 is 1.30 bits per heavy atom. The first-order valence-electron chi connectivity index (χ1n) is 7.41. The summed E-state index contributed by atoms with van der Waals surface area (Å²) in [6.07, 6.45) is -2.62. The van der Waals surface area contributed by atoms with E-state index in [1.807, 2.05) is 0 Å². The van der Waals surface area contributed by atoms with E-state index < -0.39 is 22.2 Å². The van der Waals surface area contributed by atoms with Gasteiger partial charge in [0.05, 0.1) is 17.0 Å². The summed E-state index contributed by atoms with van der Waals surface area (Å²) in [5, 5.41) is 4.05. The Balaban J connectivity index is 0.000000828. The van der Waals surface area contributed by atoms with Gasteiger partial charge in [-0.2, -0.15) is 26.4 Å². The van der Waals surface area contributed by atoms with Gasteiger partial charge in [-0.15, -0.1) is 0 Å². The van der Waals surface area contributed by atoms with E-state index >= 15 is 0 Å². The number of nitrogens with one attached hydrogen (secondary N) is 1. The fourth-order valence-corrected chi connectivity index (χ4v) is 2.14. The summed E-state index contributed by atoms with van der Waals surface area (Å²) < 4.78 is 62.2. The van der Waals surface area contributed by atoms with Crippen LogP contribution in [0, 0.1) is 4.78 Å². The van der Waals surface area contributed by atoms with Crippen molar-refractivity contribution in [3.8, 4) is 0 Å². The first kappa shape index (κ1) is 22.6. The highest BCUT2D eigenvalue weighted by Crippen LogP contribution is 2.34. The Hall–Kier alpha value is -2.46. The van der Waals surface area contributed by atoms with Crippen molar-refractivity contribution in [1.82, 2.24) is 4.98 Å². The predicted octanol–water partition coefficient (Wildman–Crippen LogP) is 4.71. The molecule has 27 heavy (non-hydrogen) atoms. The van der Waals surface area contributed by atoms with Crippen LogP contribution in [0.25, 0.3) is 0 Å². The second kappa shape index (κ2) is 10.6. The Kier molecular flexibility index (Phi) is 8.89. The van der Waals surface area contributed by atoms with E-state index in [4.69, 9.17) is 29.6 Å². The maximum atomic E-state index is 13.1. The van der Waals surface area contributed by atoms with Gasteiger partial charge >= 0.3 is 16.7 Å². The zero-order valence-corrected chi connectivity index (χ0v) is 15.6. The molecule has 1 aromatic carbocycles. The lowest BCUT2D eigenvalue weighted by atomic mass is 10.0. The molecule has 1 N–H and O–H groups in total. The van der Waals surface area contributed by atoms with Gasteiger partial charge in [-0.25, -0.2) is 0 Å². The summed E-state index contributed by atoms with van der Waals surface area (Å²) in [6, 6.07) is 8.68. The molecular weight excluding hydrogens is 407 g/mol. The van der Waals surface area contributed by atoms with Crippen LogP contribution in [0.3, 0.4) is 0 Å². The number of rotatable bonds is 5. The quantitative estimate of drug-likeness (QED) is 0.558. The zero-order chi connectivity index (χ0) is 20.4. The van der Waals surface area contributed by atoms with Gasteiger partial charge < -0.3 is 4.84 Å². The number of oxime groups is 1. The van der Waals surface area contributed by atoms with Gasteiger partial charge in [-0.3, -0.25) is 4.98 Å². The highest BCUT2D eigenvalue weighted by atomic mass is 35.5. The molecule has 0 fully saturated rings. The van der Waals surface area contributed by atoms with Crippen molar-refractivity contribution in [2.45, 2.75) is 26.1 Å². The topological polar surface area (TPSA) is 92.5 Å². The van der Waals surface area contributed by atoms with E-state index in [-0.39, 0.29) is 29.3 Å². The third-order valence-electron chi connectivity index (χ3n) is 3.05. The minimum Gasteiger partial charge on any atom is -0.389 e. The average Bonchev–Trinajstić information content (AvgIpc) is 2.58. The molecule has 0 aliphatic carbocycles. The smallest absolute Gasteiger partial charge is 0.389 e. The predicted molar refractivity (Wildman–Crippen MR) is 93.9 cm³/mol. The lowest BCUT2D eigenvalue weighted by Crippen LogP contribution is -2.13. The van der Waals surface area contributed by atoms with Crippen LogP contribution in [-0.2, 0) is 28.1 Å². The summed E-state index contributed by atoms with van der Waals surface area (Å²) in [4.78, 5) is 9.20. The fourth-order valence-electron chi connectivity index (χ4n) is 1.97. The fraction of sp³-hybridized carbons (Fsp3) is 0.250. The molecule has 2 aromatic rings. The van der Waals surface area contributed by atoms with Gasteiger partial charge in [-0.1, -0.05) is 29.7 Å². The van der Waals surface area contributed by atoms with E-state index in [1.165, 1.54) is 12.1 Å². The van der Waals surface area contributed by atoms with Gasteiger partial charge in [0.1, 0.15) is 0 Å². The second-order valence-corrected chi connectivity index (χ2v) is 5.81. The molecule has 0 saturated heterocycles. The molecule has 0 bridgehead atoms. The molecule has 146 valence electrons. The van der Waals surface area contributed by atoms with E-state index in [2.05, 4.69) is 10.1 Å². The normalized spacial score (nSPS) is 11.4. The van der Waals surface area contributed by atoms with E-state index in [0.29, 0.717) is 5.69 Å². The van der Waals surface area contributed by atoms with Crippen molar-refractivity contribution in [3.05, 3.63) is 64.4 Å². The largest absolute Gasteiger partial charge is 0.417 e. The Morgan fingerprint density at radius 2 is 1.96 bits per heavy atom. The summed E-state index contributed by atoms with van der Waals surface area (Å²) in [5.74, 6) is 0. The van der Waals surface area contributed by atoms with E-state index in [1.54, 1.807) is 31.3 Å². The Bertz CT molecular complexity index is 882. The van der Waals surface area contributed by atoms with Crippen molar-refractivity contribution in [1.29, 1.82) is 4.78 Å². The highest BCUT2D eigenvalue weighted by Gasteiger charge is 2.34. The monoisotopic (exact) mass is 421 g/mol. The lowest BCUT2D eigenvalue weighted by Gasteiger charge is -2.14. The molecule has 0 radical (unpaired) electrons. The third kappa shape index (κ3) is 8.18. The Labute approximate surface area is 160 Å². The maximum absolute atomic E-state index is 13.1. The van der Waals surface area contributed by atoms with Crippen LogP contribution >= 0.6 is 11.6 Å². The molecule has 0 unspecified atom stereocenters. The number of nitrogens with zero attached hydrogens (tertiary/aromatic N) is 2. The Morgan fingerprint density at radius 3 is 2.48 bits per heavy atom. The zero-order valence-electron chi connectivity index (χ0n) is 14.0. The summed E-state index contributed by atoms with van der Waals surface area (Å²) in [6.45, 7) is 1.77. The first-order chi connectivity index (χ1) is 12.6. The number of aromatic nitrogens is 1. The van der Waals surface area contributed by atoms with Crippen molar-refractivity contribution in [2.24, 2.45) is 5.16 Å². The van der Waals surface area contributed by atoms with Crippen molar-refractivity contribution in [3.63, 3.8) is 0 Å². The number of hydrogen-bond acceptors (Lipinski definition) is 6. The van der Waals surface area contributed by atoms with Crippen LogP contribution in [0.5, 0.6) is 0 Å². The number of benzene rings is 1. The number of hydrogen-bond donors (Lipinski definition) is 1. The molecule has 0 spiro atoms.